The van der Waals surface area contributed by atoms with Crippen LogP contribution in [-0.2, 0) is 0 Å². The van der Waals surface area contributed by atoms with Crippen molar-refractivity contribution in [2.45, 2.75) is 6.04 Å². The van der Waals surface area contributed by atoms with Crippen LogP contribution in [0.1, 0.15) is 16.5 Å². The van der Waals surface area contributed by atoms with Gasteiger partial charge in [0.15, 0.2) is 17.5 Å². The van der Waals surface area contributed by atoms with Crippen LogP contribution in [0.2, 0.25) is 0 Å². The Hall–Kier alpha value is -1.92. The van der Waals surface area contributed by atoms with Gasteiger partial charge in [0.1, 0.15) is 5.82 Å². The lowest BCUT2D eigenvalue weighted by Gasteiger charge is -2.11. The SMILES string of the molecule is NC(c1cc2ccc(F)cc2s1)c1ccc(F)c(F)c1F. The molecule has 0 saturated heterocycles. The maximum absolute atomic E-state index is 13.8. The van der Waals surface area contributed by atoms with Gasteiger partial charge < -0.3 is 5.73 Å². The molecular weight excluding hydrogens is 302 g/mol. The predicted octanol–water partition coefficient (Wildman–Crippen LogP) is 4.51. The largest absolute Gasteiger partial charge is 0.320 e. The van der Waals surface area contributed by atoms with Crippen LogP contribution < -0.4 is 5.73 Å². The van der Waals surface area contributed by atoms with Crippen LogP contribution in [0.25, 0.3) is 10.1 Å². The molecule has 0 amide bonds. The van der Waals surface area contributed by atoms with Gasteiger partial charge in [-0.15, -0.1) is 11.3 Å². The first-order chi connectivity index (χ1) is 9.97. The van der Waals surface area contributed by atoms with Gasteiger partial charge in [0.2, 0.25) is 0 Å². The molecule has 0 bridgehead atoms. The van der Waals surface area contributed by atoms with Crippen molar-refractivity contribution in [2.75, 3.05) is 0 Å². The van der Waals surface area contributed by atoms with E-state index in [0.29, 0.717) is 9.58 Å². The third kappa shape index (κ3) is 2.41. The second-order valence-corrected chi connectivity index (χ2v) is 5.69. The molecule has 1 unspecified atom stereocenters. The number of benzene rings is 2. The summed E-state index contributed by atoms with van der Waals surface area (Å²) >= 11 is 1.19. The maximum Gasteiger partial charge on any atom is 0.194 e. The molecule has 1 heterocycles. The van der Waals surface area contributed by atoms with Crippen LogP contribution in [0.4, 0.5) is 17.6 Å². The van der Waals surface area contributed by atoms with E-state index in [1.54, 1.807) is 12.1 Å². The molecule has 2 aromatic carbocycles. The zero-order valence-corrected chi connectivity index (χ0v) is 11.4. The van der Waals surface area contributed by atoms with Gasteiger partial charge in [0.25, 0.3) is 0 Å². The molecule has 6 heteroatoms. The van der Waals surface area contributed by atoms with Crippen LogP contribution in [0, 0.1) is 23.3 Å². The fraction of sp³-hybridized carbons (Fsp3) is 0.0667. The first-order valence-corrected chi connectivity index (χ1v) is 6.87. The molecule has 0 spiro atoms. The third-order valence-electron chi connectivity index (χ3n) is 3.21. The third-order valence-corrected chi connectivity index (χ3v) is 4.39. The molecule has 1 aromatic heterocycles. The Balaban J connectivity index is 2.08. The van der Waals surface area contributed by atoms with Crippen LogP contribution >= 0.6 is 11.3 Å². The zero-order chi connectivity index (χ0) is 15.1. The monoisotopic (exact) mass is 311 g/mol. The van der Waals surface area contributed by atoms with E-state index < -0.39 is 23.5 Å². The summed E-state index contributed by atoms with van der Waals surface area (Å²) in [6, 6.07) is 6.93. The van der Waals surface area contributed by atoms with E-state index >= 15 is 0 Å². The lowest BCUT2D eigenvalue weighted by atomic mass is 10.0. The number of rotatable bonds is 2. The van der Waals surface area contributed by atoms with Crippen LogP contribution in [0.3, 0.4) is 0 Å². The van der Waals surface area contributed by atoms with Crippen LogP contribution in [0.15, 0.2) is 36.4 Å². The normalized spacial score (nSPS) is 12.8. The van der Waals surface area contributed by atoms with Gasteiger partial charge >= 0.3 is 0 Å². The summed E-state index contributed by atoms with van der Waals surface area (Å²) in [4.78, 5) is 0.542. The molecule has 0 aliphatic heterocycles. The minimum Gasteiger partial charge on any atom is -0.320 e. The van der Waals surface area contributed by atoms with Gasteiger partial charge in [-0.1, -0.05) is 12.1 Å². The quantitative estimate of drug-likeness (QED) is 0.547. The highest BCUT2D eigenvalue weighted by molar-refractivity contribution is 7.19. The van der Waals surface area contributed by atoms with Gasteiger partial charge in [0, 0.05) is 15.1 Å². The van der Waals surface area contributed by atoms with Crippen molar-refractivity contribution in [1.29, 1.82) is 0 Å². The Kier molecular flexibility index (Phi) is 3.43. The van der Waals surface area contributed by atoms with Crippen molar-refractivity contribution in [3.8, 4) is 0 Å². The van der Waals surface area contributed by atoms with Crippen molar-refractivity contribution >= 4 is 21.4 Å². The highest BCUT2D eigenvalue weighted by Crippen LogP contribution is 2.33. The zero-order valence-electron chi connectivity index (χ0n) is 10.5. The molecule has 1 atom stereocenters. The molecule has 0 saturated carbocycles. The first-order valence-electron chi connectivity index (χ1n) is 6.05. The Morgan fingerprint density at radius 1 is 0.905 bits per heavy atom. The minimum atomic E-state index is -1.55. The van der Waals surface area contributed by atoms with Gasteiger partial charge in [-0.25, -0.2) is 17.6 Å². The van der Waals surface area contributed by atoms with Gasteiger partial charge in [-0.3, -0.25) is 0 Å². The van der Waals surface area contributed by atoms with Crippen molar-refractivity contribution in [3.05, 3.63) is 70.1 Å². The van der Waals surface area contributed by atoms with E-state index in [1.165, 1.54) is 23.5 Å². The summed E-state index contributed by atoms with van der Waals surface area (Å²) in [5.41, 5.74) is 5.79. The predicted molar refractivity (Wildman–Crippen MR) is 74.1 cm³/mol. The molecular formula is C15H9F4NS. The van der Waals surface area contributed by atoms with E-state index in [4.69, 9.17) is 5.73 Å². The molecule has 3 rings (SSSR count). The number of hydrogen-bond acceptors (Lipinski definition) is 2. The molecule has 0 aliphatic rings. The smallest absolute Gasteiger partial charge is 0.194 e. The lowest BCUT2D eigenvalue weighted by molar-refractivity contribution is 0.439. The van der Waals surface area contributed by atoms with Gasteiger partial charge in [-0.05, 0) is 29.7 Å². The molecule has 1 nitrogen and oxygen atoms in total. The number of halogens is 4. The highest BCUT2D eigenvalue weighted by Gasteiger charge is 2.21. The number of thiophene rings is 1. The summed E-state index contributed by atoms with van der Waals surface area (Å²) in [6.07, 6.45) is 0. The molecule has 3 aromatic rings. The highest BCUT2D eigenvalue weighted by atomic mass is 32.1. The summed E-state index contributed by atoms with van der Waals surface area (Å²) in [5, 5.41) is 0.759. The van der Waals surface area contributed by atoms with Crippen molar-refractivity contribution in [3.63, 3.8) is 0 Å². The molecule has 108 valence electrons. The van der Waals surface area contributed by atoms with E-state index in [0.717, 1.165) is 17.5 Å². The molecule has 21 heavy (non-hydrogen) atoms. The van der Waals surface area contributed by atoms with E-state index in [-0.39, 0.29) is 11.4 Å². The summed E-state index contributed by atoms with van der Waals surface area (Å²) in [6.45, 7) is 0. The fourth-order valence-electron chi connectivity index (χ4n) is 2.11. The van der Waals surface area contributed by atoms with Crippen molar-refractivity contribution in [2.24, 2.45) is 5.73 Å². The Morgan fingerprint density at radius 2 is 1.67 bits per heavy atom. The van der Waals surface area contributed by atoms with Gasteiger partial charge in [-0.2, -0.15) is 0 Å². The summed E-state index contributed by atoms with van der Waals surface area (Å²) in [7, 11) is 0. The first kappa shape index (κ1) is 14.0. The minimum absolute atomic E-state index is 0.138. The average molecular weight is 311 g/mol. The Morgan fingerprint density at radius 3 is 2.43 bits per heavy atom. The Labute approximate surface area is 121 Å². The fourth-order valence-corrected chi connectivity index (χ4v) is 3.22. The van der Waals surface area contributed by atoms with E-state index in [9.17, 15) is 17.6 Å². The molecule has 0 radical (unpaired) electrons. The number of fused-ring (bicyclic) bond motifs is 1. The number of nitrogens with two attached hydrogens (primary N) is 1. The Bertz CT molecular complexity index is 828. The molecule has 0 fully saturated rings. The number of hydrogen-bond donors (Lipinski definition) is 1. The molecule has 0 aliphatic carbocycles. The van der Waals surface area contributed by atoms with Crippen LogP contribution in [-0.4, -0.2) is 0 Å². The average Bonchev–Trinajstić information content (AvgIpc) is 2.87. The summed E-state index contributed by atoms with van der Waals surface area (Å²) < 4.78 is 53.8. The van der Waals surface area contributed by atoms with Crippen LogP contribution in [0.5, 0.6) is 0 Å². The van der Waals surface area contributed by atoms with E-state index in [1.807, 2.05) is 0 Å². The topological polar surface area (TPSA) is 26.0 Å². The van der Waals surface area contributed by atoms with E-state index in [2.05, 4.69) is 0 Å². The van der Waals surface area contributed by atoms with Crippen molar-refractivity contribution in [1.82, 2.24) is 0 Å². The second kappa shape index (κ2) is 5.13. The summed E-state index contributed by atoms with van der Waals surface area (Å²) in [5.74, 6) is -4.49. The standard InChI is InChI=1S/C15H9F4NS/c16-8-2-1-7-5-12(21-11(7)6-8)15(20)9-3-4-10(17)14(19)13(9)18/h1-6,15H,20H2. The van der Waals surface area contributed by atoms with Crippen molar-refractivity contribution < 1.29 is 17.6 Å². The maximum atomic E-state index is 13.8. The molecule has 2 N–H and O–H groups in total. The lowest BCUT2D eigenvalue weighted by Crippen LogP contribution is -2.13. The van der Waals surface area contributed by atoms with Gasteiger partial charge in [0.05, 0.1) is 6.04 Å². The second-order valence-electron chi connectivity index (χ2n) is 4.57.